The van der Waals surface area contributed by atoms with Crippen molar-refractivity contribution < 1.29 is 9.59 Å². The molecule has 0 aromatic carbocycles. The molecule has 0 bridgehead atoms. The van der Waals surface area contributed by atoms with Crippen molar-refractivity contribution in [3.63, 3.8) is 0 Å². The molecule has 0 aliphatic heterocycles. The SMILES string of the molecule is C[C@]12CC[C@H]3[C@@H](CCC4C(SCCl)CCC[C@@]43C)C1=CC(=O)C2=O. The topological polar surface area (TPSA) is 34.1 Å². The third-order valence-corrected chi connectivity index (χ3v) is 9.40. The summed E-state index contributed by atoms with van der Waals surface area (Å²) in [6.45, 7) is 4.51. The molecule has 0 N–H and O–H groups in total. The van der Waals surface area contributed by atoms with E-state index in [4.69, 9.17) is 11.6 Å². The zero-order chi connectivity index (χ0) is 17.1. The number of fused-ring (bicyclic) bond motifs is 5. The molecule has 4 rings (SSSR count). The van der Waals surface area contributed by atoms with Gasteiger partial charge in [-0.1, -0.05) is 13.3 Å². The first kappa shape index (κ1) is 17.1. The third-order valence-electron chi connectivity index (χ3n) is 7.90. The zero-order valence-electron chi connectivity index (χ0n) is 14.6. The summed E-state index contributed by atoms with van der Waals surface area (Å²) in [6.07, 6.45) is 9.93. The van der Waals surface area contributed by atoms with Gasteiger partial charge in [-0.05, 0) is 80.3 Å². The fraction of sp³-hybridized carbons (Fsp3) is 0.800. The number of carbonyl (C=O) groups is 2. The summed E-state index contributed by atoms with van der Waals surface area (Å²) in [5.74, 6) is 1.42. The van der Waals surface area contributed by atoms with Gasteiger partial charge >= 0.3 is 0 Å². The highest BCUT2D eigenvalue weighted by molar-refractivity contribution is 8.00. The summed E-state index contributed by atoms with van der Waals surface area (Å²) in [6, 6.07) is 0. The molecule has 0 radical (unpaired) electrons. The van der Waals surface area contributed by atoms with Crippen LogP contribution in [0.25, 0.3) is 0 Å². The molecule has 0 saturated heterocycles. The van der Waals surface area contributed by atoms with Crippen LogP contribution in [-0.2, 0) is 9.59 Å². The number of carbonyl (C=O) groups excluding carboxylic acids is 2. The summed E-state index contributed by atoms with van der Waals surface area (Å²) in [7, 11) is 0. The number of hydrogen-bond acceptors (Lipinski definition) is 3. The van der Waals surface area contributed by atoms with Crippen LogP contribution >= 0.6 is 23.4 Å². The van der Waals surface area contributed by atoms with Gasteiger partial charge in [0.1, 0.15) is 0 Å². The molecule has 0 spiro atoms. The molecule has 4 aliphatic carbocycles. The first-order chi connectivity index (χ1) is 11.4. The van der Waals surface area contributed by atoms with Crippen LogP contribution in [0.2, 0.25) is 0 Å². The lowest BCUT2D eigenvalue weighted by atomic mass is 9.46. The number of thioether (sulfide) groups is 1. The van der Waals surface area contributed by atoms with Crippen molar-refractivity contribution in [3.8, 4) is 0 Å². The second-order valence-electron chi connectivity index (χ2n) is 8.77. The summed E-state index contributed by atoms with van der Waals surface area (Å²) in [5, 5.41) is 1.38. The van der Waals surface area contributed by atoms with E-state index in [9.17, 15) is 9.59 Å². The van der Waals surface area contributed by atoms with Crippen LogP contribution in [0.1, 0.15) is 58.8 Å². The molecule has 24 heavy (non-hydrogen) atoms. The molecule has 0 aromatic heterocycles. The van der Waals surface area contributed by atoms with Crippen LogP contribution in [0.3, 0.4) is 0 Å². The molecule has 4 heteroatoms. The minimum absolute atomic E-state index is 0.151. The molecule has 0 heterocycles. The minimum atomic E-state index is -0.486. The number of ketones is 2. The van der Waals surface area contributed by atoms with E-state index in [1.807, 2.05) is 18.7 Å². The Morgan fingerprint density at radius 2 is 1.92 bits per heavy atom. The largest absolute Gasteiger partial charge is 0.290 e. The predicted octanol–water partition coefficient (Wildman–Crippen LogP) is 5.00. The predicted molar refractivity (Wildman–Crippen MR) is 99.2 cm³/mol. The number of alkyl halides is 1. The van der Waals surface area contributed by atoms with Gasteiger partial charge in [0.25, 0.3) is 0 Å². The molecule has 2 unspecified atom stereocenters. The highest BCUT2D eigenvalue weighted by Gasteiger charge is 2.59. The van der Waals surface area contributed by atoms with Gasteiger partial charge in [0.2, 0.25) is 11.6 Å². The van der Waals surface area contributed by atoms with Crippen molar-refractivity contribution >= 4 is 34.9 Å². The van der Waals surface area contributed by atoms with E-state index in [2.05, 4.69) is 6.92 Å². The standard InChI is InChI=1S/C20H27ClO2S/c1-19-8-3-4-17(24-11-21)14(19)6-5-12-13(19)7-9-20(2)15(12)10-16(22)18(20)23/h10,12-14,17H,3-9,11H2,1-2H3/t12-,13+,14?,17?,19-,20+/m1/s1. The average Bonchev–Trinajstić information content (AvgIpc) is 2.78. The molecular formula is C20H27ClO2S. The van der Waals surface area contributed by atoms with Gasteiger partial charge in [0.15, 0.2) is 0 Å². The van der Waals surface area contributed by atoms with E-state index in [1.54, 1.807) is 6.08 Å². The van der Waals surface area contributed by atoms with E-state index < -0.39 is 5.41 Å². The molecule has 3 fully saturated rings. The maximum atomic E-state index is 12.4. The molecule has 0 aromatic rings. The maximum Gasteiger partial charge on any atom is 0.222 e. The van der Waals surface area contributed by atoms with Gasteiger partial charge < -0.3 is 0 Å². The van der Waals surface area contributed by atoms with Crippen LogP contribution in [-0.4, -0.2) is 22.0 Å². The number of allylic oxidation sites excluding steroid dienone is 2. The van der Waals surface area contributed by atoms with Crippen molar-refractivity contribution in [2.45, 2.75) is 64.0 Å². The normalized spacial score (nSPS) is 47.7. The highest BCUT2D eigenvalue weighted by Crippen LogP contribution is 2.64. The van der Waals surface area contributed by atoms with Gasteiger partial charge in [-0.15, -0.1) is 23.4 Å². The number of hydrogen-bond donors (Lipinski definition) is 0. The van der Waals surface area contributed by atoms with Gasteiger partial charge in [-0.3, -0.25) is 9.59 Å². The molecule has 3 saturated carbocycles. The van der Waals surface area contributed by atoms with Crippen LogP contribution in [0.4, 0.5) is 0 Å². The quantitative estimate of drug-likeness (QED) is 0.509. The highest BCUT2D eigenvalue weighted by atomic mass is 35.5. The lowest BCUT2D eigenvalue weighted by molar-refractivity contribution is -0.139. The van der Waals surface area contributed by atoms with Crippen molar-refractivity contribution in [2.75, 3.05) is 5.21 Å². The fourth-order valence-electron chi connectivity index (χ4n) is 6.66. The van der Waals surface area contributed by atoms with E-state index in [0.29, 0.717) is 27.7 Å². The van der Waals surface area contributed by atoms with Gasteiger partial charge in [-0.25, -0.2) is 0 Å². The van der Waals surface area contributed by atoms with Crippen LogP contribution in [0.5, 0.6) is 0 Å². The van der Waals surface area contributed by atoms with Gasteiger partial charge in [0.05, 0.1) is 10.6 Å². The Labute approximate surface area is 154 Å². The van der Waals surface area contributed by atoms with E-state index >= 15 is 0 Å². The first-order valence-electron chi connectivity index (χ1n) is 9.40. The summed E-state index contributed by atoms with van der Waals surface area (Å²) in [5.41, 5.74) is 1.04. The molecular weight excluding hydrogens is 340 g/mol. The monoisotopic (exact) mass is 366 g/mol. The summed E-state index contributed by atoms with van der Waals surface area (Å²) >= 11 is 7.99. The lowest BCUT2D eigenvalue weighted by Gasteiger charge is -2.59. The van der Waals surface area contributed by atoms with Crippen molar-refractivity contribution in [1.82, 2.24) is 0 Å². The van der Waals surface area contributed by atoms with E-state index in [-0.39, 0.29) is 11.6 Å². The Morgan fingerprint density at radius 3 is 2.67 bits per heavy atom. The smallest absolute Gasteiger partial charge is 0.222 e. The fourth-order valence-corrected chi connectivity index (χ4v) is 8.32. The lowest BCUT2D eigenvalue weighted by Crippen LogP contribution is -2.53. The van der Waals surface area contributed by atoms with Crippen LogP contribution < -0.4 is 0 Å². The third kappa shape index (κ3) is 2.23. The van der Waals surface area contributed by atoms with Crippen LogP contribution in [0, 0.1) is 28.6 Å². The Bertz CT molecular complexity index is 613. The van der Waals surface area contributed by atoms with E-state index in [0.717, 1.165) is 25.2 Å². The second-order valence-corrected chi connectivity index (χ2v) is 10.6. The molecule has 6 atom stereocenters. The Kier molecular flexibility index (Phi) is 4.20. The second kappa shape index (κ2) is 5.87. The zero-order valence-corrected chi connectivity index (χ0v) is 16.2. The van der Waals surface area contributed by atoms with Gasteiger partial charge in [0, 0.05) is 5.25 Å². The van der Waals surface area contributed by atoms with Crippen molar-refractivity contribution in [1.29, 1.82) is 0 Å². The van der Waals surface area contributed by atoms with Gasteiger partial charge in [-0.2, -0.15) is 0 Å². The van der Waals surface area contributed by atoms with Crippen molar-refractivity contribution in [2.24, 2.45) is 28.6 Å². The maximum absolute atomic E-state index is 12.4. The summed E-state index contributed by atoms with van der Waals surface area (Å²) < 4.78 is 0. The molecule has 0 amide bonds. The number of halogens is 1. The summed E-state index contributed by atoms with van der Waals surface area (Å²) in [4.78, 5) is 24.5. The Hall–Kier alpha value is -0.280. The van der Waals surface area contributed by atoms with E-state index in [1.165, 1.54) is 31.3 Å². The Morgan fingerprint density at radius 1 is 1.12 bits per heavy atom. The number of Topliss-reactive ketones (excluding diaryl/α,β-unsaturated/α-hetero) is 1. The van der Waals surface area contributed by atoms with Crippen LogP contribution in [0.15, 0.2) is 11.6 Å². The molecule has 4 aliphatic rings. The minimum Gasteiger partial charge on any atom is -0.290 e. The average molecular weight is 367 g/mol. The number of rotatable bonds is 2. The molecule has 132 valence electrons. The first-order valence-corrected chi connectivity index (χ1v) is 11.0. The molecule has 2 nitrogen and oxygen atoms in total. The Balaban J connectivity index is 1.67. The van der Waals surface area contributed by atoms with Crippen molar-refractivity contribution in [3.05, 3.63) is 11.6 Å².